The summed E-state index contributed by atoms with van der Waals surface area (Å²) < 4.78 is 5.30. The van der Waals surface area contributed by atoms with E-state index >= 15 is 0 Å². The second-order valence-electron chi connectivity index (χ2n) is 6.67. The molecule has 0 bridgehead atoms. The van der Waals surface area contributed by atoms with Crippen LogP contribution in [0.3, 0.4) is 0 Å². The van der Waals surface area contributed by atoms with Gasteiger partial charge in [-0.2, -0.15) is 0 Å². The van der Waals surface area contributed by atoms with Gasteiger partial charge in [-0.1, -0.05) is 24.3 Å². The number of amidine groups is 1. The van der Waals surface area contributed by atoms with E-state index in [2.05, 4.69) is 5.32 Å². The molecule has 1 heterocycles. The molecule has 0 spiro atoms. The maximum atomic E-state index is 12.2. The second-order valence-corrected chi connectivity index (χ2v) is 6.67. The van der Waals surface area contributed by atoms with Gasteiger partial charge in [-0.15, -0.1) is 12.4 Å². The minimum absolute atomic E-state index is 0. The Hall–Kier alpha value is -2.81. The zero-order valence-electron chi connectivity index (χ0n) is 15.7. The van der Waals surface area contributed by atoms with E-state index in [0.29, 0.717) is 12.0 Å². The fourth-order valence-electron chi connectivity index (χ4n) is 3.03. The lowest BCUT2D eigenvalue weighted by atomic mass is 9.95. The number of hydrogen-bond acceptors (Lipinski definition) is 5. The average Bonchev–Trinajstić information content (AvgIpc) is 2.57. The van der Waals surface area contributed by atoms with Crippen LogP contribution in [0, 0.1) is 5.41 Å². The van der Waals surface area contributed by atoms with Crippen molar-refractivity contribution >= 4 is 36.2 Å². The summed E-state index contributed by atoms with van der Waals surface area (Å²) in [7, 11) is 1.62. The minimum Gasteiger partial charge on any atom is -0.481 e. The number of nitrogens with two attached hydrogens (primary N) is 1. The molecule has 9 nitrogen and oxygen atoms in total. The SMILES string of the molecule is C[C@H](CC(=O)O)NC(=O)C[C@H]1C[C@@H](c2ccc(C(=N)N)cc2)N(C)C(=O)O1.Cl. The van der Waals surface area contributed by atoms with Crippen LogP contribution in [0.15, 0.2) is 24.3 Å². The summed E-state index contributed by atoms with van der Waals surface area (Å²) in [4.78, 5) is 36.4. The third kappa shape index (κ3) is 6.12. The summed E-state index contributed by atoms with van der Waals surface area (Å²) in [6.07, 6.45) is -0.931. The number of halogens is 1. The maximum absolute atomic E-state index is 12.2. The molecule has 1 aliphatic rings. The van der Waals surface area contributed by atoms with Crippen LogP contribution in [0.1, 0.15) is 43.4 Å². The number of nitrogen functional groups attached to an aromatic ring is 1. The van der Waals surface area contributed by atoms with Crippen LogP contribution in [0.25, 0.3) is 0 Å². The number of cyclic esters (lactones) is 1. The van der Waals surface area contributed by atoms with Gasteiger partial charge in [0.15, 0.2) is 0 Å². The molecule has 0 saturated carbocycles. The van der Waals surface area contributed by atoms with E-state index in [9.17, 15) is 14.4 Å². The van der Waals surface area contributed by atoms with Crippen molar-refractivity contribution in [3.63, 3.8) is 0 Å². The second kappa shape index (κ2) is 9.93. The number of nitrogens with zero attached hydrogens (tertiary/aromatic N) is 1. The first-order valence-corrected chi connectivity index (χ1v) is 8.56. The molecular formula is C18H25ClN4O5. The van der Waals surface area contributed by atoms with E-state index < -0.39 is 24.2 Å². The normalized spacial score (nSPS) is 19.8. The van der Waals surface area contributed by atoms with Gasteiger partial charge in [0.1, 0.15) is 11.9 Å². The third-order valence-corrected chi connectivity index (χ3v) is 4.42. The Balaban J connectivity index is 0.00000392. The number of aliphatic carboxylic acids is 1. The fraction of sp³-hybridized carbons (Fsp3) is 0.444. The predicted molar refractivity (Wildman–Crippen MR) is 105 cm³/mol. The Morgan fingerprint density at radius 1 is 1.39 bits per heavy atom. The van der Waals surface area contributed by atoms with E-state index in [1.165, 1.54) is 4.90 Å². The predicted octanol–water partition coefficient (Wildman–Crippen LogP) is 1.64. The quantitative estimate of drug-likeness (QED) is 0.395. The first-order valence-electron chi connectivity index (χ1n) is 8.56. The molecule has 1 fully saturated rings. The molecule has 0 aromatic heterocycles. The van der Waals surface area contributed by atoms with Crippen LogP contribution in [-0.4, -0.2) is 53.0 Å². The average molecular weight is 413 g/mol. The van der Waals surface area contributed by atoms with Gasteiger partial charge in [0, 0.05) is 25.1 Å². The van der Waals surface area contributed by atoms with Crippen molar-refractivity contribution in [2.24, 2.45) is 5.73 Å². The van der Waals surface area contributed by atoms with Crippen molar-refractivity contribution < 1.29 is 24.2 Å². The van der Waals surface area contributed by atoms with E-state index in [0.717, 1.165) is 5.56 Å². The summed E-state index contributed by atoms with van der Waals surface area (Å²) in [6.45, 7) is 1.60. The van der Waals surface area contributed by atoms with E-state index in [1.54, 1.807) is 38.2 Å². The van der Waals surface area contributed by atoms with Crippen molar-refractivity contribution in [2.75, 3.05) is 7.05 Å². The molecule has 154 valence electrons. The monoisotopic (exact) mass is 412 g/mol. The van der Waals surface area contributed by atoms with E-state index in [4.69, 9.17) is 21.0 Å². The van der Waals surface area contributed by atoms with Crippen LogP contribution in [-0.2, 0) is 14.3 Å². The molecule has 10 heteroatoms. The number of ether oxygens (including phenoxy) is 1. The number of nitrogens with one attached hydrogen (secondary N) is 2. The highest BCUT2D eigenvalue weighted by Gasteiger charge is 2.35. The molecule has 1 aliphatic heterocycles. The van der Waals surface area contributed by atoms with Gasteiger partial charge < -0.3 is 25.8 Å². The van der Waals surface area contributed by atoms with Crippen LogP contribution >= 0.6 is 12.4 Å². The van der Waals surface area contributed by atoms with Crippen LogP contribution in [0.2, 0.25) is 0 Å². The number of benzene rings is 1. The number of carbonyl (C=O) groups excluding carboxylic acids is 2. The largest absolute Gasteiger partial charge is 0.481 e. The van der Waals surface area contributed by atoms with Crippen molar-refractivity contribution in [3.05, 3.63) is 35.4 Å². The molecule has 0 unspecified atom stereocenters. The highest BCUT2D eigenvalue weighted by Crippen LogP contribution is 2.31. The fourth-order valence-corrected chi connectivity index (χ4v) is 3.03. The van der Waals surface area contributed by atoms with E-state index in [1.807, 2.05) is 0 Å². The lowest BCUT2D eigenvalue weighted by Gasteiger charge is -2.36. The maximum Gasteiger partial charge on any atom is 0.410 e. The van der Waals surface area contributed by atoms with Gasteiger partial charge in [0.25, 0.3) is 0 Å². The summed E-state index contributed by atoms with van der Waals surface area (Å²) >= 11 is 0. The Labute approximate surface area is 169 Å². The minimum atomic E-state index is -0.998. The van der Waals surface area contributed by atoms with Crippen molar-refractivity contribution in [3.8, 4) is 0 Å². The van der Waals surface area contributed by atoms with Crippen molar-refractivity contribution in [1.82, 2.24) is 10.2 Å². The molecule has 28 heavy (non-hydrogen) atoms. The van der Waals surface area contributed by atoms with Crippen molar-refractivity contribution in [1.29, 1.82) is 5.41 Å². The molecule has 1 aromatic rings. The lowest BCUT2D eigenvalue weighted by Crippen LogP contribution is -2.44. The topological polar surface area (TPSA) is 146 Å². The first-order chi connectivity index (χ1) is 12.7. The Bertz CT molecular complexity index is 740. The Kier molecular flexibility index (Phi) is 8.24. The number of rotatable bonds is 7. The van der Waals surface area contributed by atoms with Gasteiger partial charge >= 0.3 is 12.1 Å². The Morgan fingerprint density at radius 2 is 2.00 bits per heavy atom. The molecule has 3 atom stereocenters. The number of carbonyl (C=O) groups is 3. The van der Waals surface area contributed by atoms with Gasteiger partial charge in [0.2, 0.25) is 5.91 Å². The highest BCUT2D eigenvalue weighted by atomic mass is 35.5. The zero-order valence-corrected chi connectivity index (χ0v) is 16.5. The standard InChI is InChI=1S/C18H24N4O5.ClH/c1-10(7-16(24)25)21-15(23)9-13-8-14(22(2)18(26)27-13)11-3-5-12(6-4-11)17(19)20;/h3-6,10,13-14H,7-9H2,1-2H3,(H3,19,20)(H,21,23)(H,24,25);1H/t10-,13-,14+;/m1./s1. The number of amides is 2. The van der Waals surface area contributed by atoms with Gasteiger partial charge in [-0.25, -0.2) is 4.79 Å². The zero-order chi connectivity index (χ0) is 20.1. The lowest BCUT2D eigenvalue weighted by molar-refractivity contribution is -0.137. The molecular weight excluding hydrogens is 388 g/mol. The molecule has 1 saturated heterocycles. The molecule has 0 radical (unpaired) electrons. The van der Waals surface area contributed by atoms with Gasteiger partial charge in [-0.3, -0.25) is 15.0 Å². The van der Waals surface area contributed by atoms with Crippen molar-refractivity contribution in [2.45, 2.75) is 44.4 Å². The number of carboxylic acid groups (broad SMARTS) is 1. The van der Waals surface area contributed by atoms with Crippen LogP contribution < -0.4 is 11.1 Å². The molecule has 2 amide bonds. The molecule has 5 N–H and O–H groups in total. The third-order valence-electron chi connectivity index (χ3n) is 4.42. The molecule has 2 rings (SSSR count). The first kappa shape index (κ1) is 23.2. The molecule has 1 aromatic carbocycles. The van der Waals surface area contributed by atoms with Crippen LogP contribution in [0.4, 0.5) is 4.79 Å². The smallest absolute Gasteiger partial charge is 0.410 e. The van der Waals surface area contributed by atoms with Gasteiger partial charge in [-0.05, 0) is 12.5 Å². The number of carboxylic acids is 1. The summed E-state index contributed by atoms with van der Waals surface area (Å²) in [5.41, 5.74) is 6.89. The summed E-state index contributed by atoms with van der Waals surface area (Å²) in [5, 5.41) is 18.8. The number of hydrogen-bond donors (Lipinski definition) is 4. The summed E-state index contributed by atoms with van der Waals surface area (Å²) in [5.74, 6) is -1.40. The highest BCUT2D eigenvalue weighted by molar-refractivity contribution is 5.94. The van der Waals surface area contributed by atoms with Gasteiger partial charge in [0.05, 0.1) is 18.9 Å². The molecule has 0 aliphatic carbocycles. The van der Waals surface area contributed by atoms with E-state index in [-0.39, 0.29) is 43.0 Å². The Morgan fingerprint density at radius 3 is 2.54 bits per heavy atom. The summed E-state index contributed by atoms with van der Waals surface area (Å²) in [6, 6.07) is 6.22. The van der Waals surface area contributed by atoms with Crippen LogP contribution in [0.5, 0.6) is 0 Å².